The molecule has 0 N–H and O–H groups in total. The predicted molar refractivity (Wildman–Crippen MR) is 111 cm³/mol. The molecule has 0 saturated carbocycles. The van der Waals surface area contributed by atoms with Gasteiger partial charge in [0, 0.05) is 11.8 Å². The summed E-state index contributed by atoms with van der Waals surface area (Å²) < 4.78 is 45.4. The minimum absolute atomic E-state index is 0.138. The van der Waals surface area contributed by atoms with Crippen molar-refractivity contribution in [2.45, 2.75) is 42.9 Å². The maximum atomic E-state index is 13.7. The smallest absolute Gasteiger partial charge is 0.216 e. The summed E-state index contributed by atoms with van der Waals surface area (Å²) in [7, 11) is -2.27. The number of ether oxygens (including phenoxy) is 1. The highest BCUT2D eigenvalue weighted by Crippen LogP contribution is 2.32. The number of rotatable bonds is 7. The van der Waals surface area contributed by atoms with Crippen LogP contribution < -0.4 is 4.74 Å². The van der Waals surface area contributed by atoms with Crippen LogP contribution in [0.1, 0.15) is 30.9 Å². The van der Waals surface area contributed by atoms with Crippen molar-refractivity contribution in [3.05, 3.63) is 71.8 Å². The van der Waals surface area contributed by atoms with Crippen molar-refractivity contribution < 1.29 is 17.5 Å². The Morgan fingerprint density at radius 2 is 1.79 bits per heavy atom. The van der Waals surface area contributed by atoms with Crippen molar-refractivity contribution in [2.24, 2.45) is 0 Å². The number of hydrogen-bond acceptors (Lipinski definition) is 4. The van der Waals surface area contributed by atoms with Crippen LogP contribution in [-0.4, -0.2) is 20.5 Å². The molecular formula is C23H24FNO3S. The number of pyridine rings is 1. The molecule has 0 amide bonds. The zero-order chi connectivity index (χ0) is 21.0. The summed E-state index contributed by atoms with van der Waals surface area (Å²) >= 11 is 0. The zero-order valence-corrected chi connectivity index (χ0v) is 17.6. The topological polar surface area (TPSA) is 56.3 Å². The first-order valence-electron chi connectivity index (χ1n) is 9.52. The van der Waals surface area contributed by atoms with Crippen LogP contribution >= 0.6 is 0 Å². The van der Waals surface area contributed by atoms with Gasteiger partial charge in [-0.2, -0.15) is 4.39 Å². The van der Waals surface area contributed by atoms with E-state index in [2.05, 4.69) is 11.9 Å². The third kappa shape index (κ3) is 4.32. The lowest BCUT2D eigenvalue weighted by Gasteiger charge is -2.12. The van der Waals surface area contributed by atoms with Gasteiger partial charge in [-0.1, -0.05) is 31.5 Å². The Balaban J connectivity index is 1.97. The molecule has 152 valence electrons. The van der Waals surface area contributed by atoms with E-state index in [4.69, 9.17) is 4.74 Å². The minimum Gasteiger partial charge on any atom is -0.495 e. The maximum absolute atomic E-state index is 13.7. The van der Waals surface area contributed by atoms with Crippen LogP contribution in [0.5, 0.6) is 5.75 Å². The number of methoxy groups -OCH3 is 1. The predicted octanol–water partition coefficient (Wildman–Crippen LogP) is 5.38. The van der Waals surface area contributed by atoms with Crippen LogP contribution in [0, 0.1) is 12.9 Å². The molecular weight excluding hydrogens is 389 g/mol. The Hall–Kier alpha value is -2.73. The maximum Gasteiger partial charge on any atom is 0.216 e. The van der Waals surface area contributed by atoms with Gasteiger partial charge in [0.1, 0.15) is 10.6 Å². The highest BCUT2D eigenvalue weighted by Gasteiger charge is 2.22. The second kappa shape index (κ2) is 8.74. The number of halogens is 1. The summed E-state index contributed by atoms with van der Waals surface area (Å²) in [5.41, 5.74) is 2.88. The van der Waals surface area contributed by atoms with E-state index in [1.165, 1.54) is 25.4 Å². The lowest BCUT2D eigenvalue weighted by molar-refractivity contribution is 0.402. The monoisotopic (exact) mass is 413 g/mol. The van der Waals surface area contributed by atoms with Gasteiger partial charge in [-0.15, -0.1) is 0 Å². The lowest BCUT2D eigenvalue weighted by Crippen LogP contribution is -2.05. The molecule has 3 rings (SSSR count). The quantitative estimate of drug-likeness (QED) is 0.488. The first-order chi connectivity index (χ1) is 13.9. The van der Waals surface area contributed by atoms with Crippen LogP contribution in [0.15, 0.2) is 64.5 Å². The van der Waals surface area contributed by atoms with Crippen LogP contribution in [0.4, 0.5) is 4.39 Å². The highest BCUT2D eigenvalue weighted by atomic mass is 32.2. The first kappa shape index (κ1) is 21.0. The molecule has 1 aromatic heterocycles. The van der Waals surface area contributed by atoms with Gasteiger partial charge >= 0.3 is 0 Å². The van der Waals surface area contributed by atoms with Crippen molar-refractivity contribution in [2.75, 3.05) is 7.11 Å². The number of aryl methyl sites for hydroxylation is 1. The van der Waals surface area contributed by atoms with E-state index in [-0.39, 0.29) is 9.79 Å². The van der Waals surface area contributed by atoms with E-state index in [9.17, 15) is 12.8 Å². The molecule has 2 aromatic carbocycles. The molecule has 1 heterocycles. The highest BCUT2D eigenvalue weighted by molar-refractivity contribution is 7.91. The Morgan fingerprint density at radius 1 is 1.07 bits per heavy atom. The number of unbranched alkanes of at least 4 members (excludes halogenated alkanes) is 1. The van der Waals surface area contributed by atoms with Crippen molar-refractivity contribution in [3.8, 4) is 16.9 Å². The number of nitrogens with zero attached hydrogens (tertiary/aromatic N) is 1. The van der Waals surface area contributed by atoms with E-state index in [0.29, 0.717) is 16.9 Å². The van der Waals surface area contributed by atoms with E-state index < -0.39 is 15.8 Å². The molecule has 0 aliphatic rings. The second-order valence-electron chi connectivity index (χ2n) is 6.89. The number of benzene rings is 2. The Kier molecular flexibility index (Phi) is 6.33. The summed E-state index contributed by atoms with van der Waals surface area (Å²) in [6.45, 7) is 3.76. The van der Waals surface area contributed by atoms with Gasteiger partial charge in [-0.3, -0.25) is 0 Å². The molecule has 0 saturated heterocycles. The van der Waals surface area contributed by atoms with Gasteiger partial charge in [-0.05, 0) is 66.8 Å². The van der Waals surface area contributed by atoms with Gasteiger partial charge in [0.25, 0.3) is 0 Å². The van der Waals surface area contributed by atoms with Gasteiger partial charge in [-0.25, -0.2) is 13.4 Å². The molecule has 0 unspecified atom stereocenters. The molecule has 0 aliphatic heterocycles. The molecule has 3 aromatic rings. The van der Waals surface area contributed by atoms with E-state index in [1.807, 2.05) is 6.07 Å². The molecule has 0 fully saturated rings. The standard InChI is InChI=1S/C23H24FNO3S/c1-4-5-6-17-7-12-22(21(15-17)28-3)29(26,27)19-10-8-18(9-11-19)20-13-14-25-23(24)16(20)2/h7-15H,4-6H2,1-3H3. The van der Waals surface area contributed by atoms with E-state index >= 15 is 0 Å². The van der Waals surface area contributed by atoms with E-state index in [1.54, 1.807) is 37.3 Å². The Morgan fingerprint density at radius 3 is 2.45 bits per heavy atom. The summed E-state index contributed by atoms with van der Waals surface area (Å²) in [5.74, 6) is -0.193. The molecule has 0 spiro atoms. The number of hydrogen-bond donors (Lipinski definition) is 0. The molecule has 0 atom stereocenters. The van der Waals surface area contributed by atoms with E-state index in [0.717, 1.165) is 30.4 Å². The fraction of sp³-hybridized carbons (Fsp3) is 0.261. The zero-order valence-electron chi connectivity index (χ0n) is 16.8. The third-order valence-electron chi connectivity index (χ3n) is 4.95. The van der Waals surface area contributed by atoms with Crippen LogP contribution in [-0.2, 0) is 16.3 Å². The molecule has 0 bridgehead atoms. The molecule has 0 aliphatic carbocycles. The van der Waals surface area contributed by atoms with Crippen molar-refractivity contribution in [1.29, 1.82) is 0 Å². The number of aromatic nitrogens is 1. The molecule has 6 heteroatoms. The van der Waals surface area contributed by atoms with Gasteiger partial charge in [0.05, 0.1) is 12.0 Å². The molecule has 0 radical (unpaired) electrons. The summed E-state index contributed by atoms with van der Waals surface area (Å²) in [4.78, 5) is 3.93. The Labute approximate surface area is 171 Å². The summed E-state index contributed by atoms with van der Waals surface area (Å²) in [6, 6.07) is 13.4. The normalized spacial score (nSPS) is 11.4. The first-order valence-corrected chi connectivity index (χ1v) is 11.0. The minimum atomic E-state index is -3.75. The van der Waals surface area contributed by atoms with Crippen molar-refractivity contribution in [3.63, 3.8) is 0 Å². The van der Waals surface area contributed by atoms with Crippen LogP contribution in [0.25, 0.3) is 11.1 Å². The average Bonchev–Trinajstić information content (AvgIpc) is 2.74. The van der Waals surface area contributed by atoms with Crippen molar-refractivity contribution >= 4 is 9.84 Å². The second-order valence-corrected chi connectivity index (χ2v) is 8.81. The Bertz CT molecular complexity index is 1110. The lowest BCUT2D eigenvalue weighted by atomic mass is 10.0. The fourth-order valence-corrected chi connectivity index (χ4v) is 4.64. The summed E-state index contributed by atoms with van der Waals surface area (Å²) in [5, 5.41) is 0. The van der Waals surface area contributed by atoms with Gasteiger partial charge in [0.2, 0.25) is 15.8 Å². The SMILES string of the molecule is CCCCc1ccc(S(=O)(=O)c2ccc(-c3ccnc(F)c3C)cc2)c(OC)c1. The van der Waals surface area contributed by atoms with Crippen LogP contribution in [0.3, 0.4) is 0 Å². The largest absolute Gasteiger partial charge is 0.495 e. The van der Waals surface area contributed by atoms with Crippen molar-refractivity contribution in [1.82, 2.24) is 4.98 Å². The average molecular weight is 414 g/mol. The van der Waals surface area contributed by atoms with Crippen LogP contribution in [0.2, 0.25) is 0 Å². The number of sulfone groups is 1. The summed E-state index contributed by atoms with van der Waals surface area (Å²) in [6.07, 6.45) is 4.37. The molecule has 29 heavy (non-hydrogen) atoms. The third-order valence-corrected chi connectivity index (χ3v) is 6.76. The van der Waals surface area contributed by atoms with Gasteiger partial charge in [0.15, 0.2) is 0 Å². The van der Waals surface area contributed by atoms with Gasteiger partial charge < -0.3 is 4.74 Å². The molecule has 4 nitrogen and oxygen atoms in total. The fourth-order valence-electron chi connectivity index (χ4n) is 3.23.